The number of rotatable bonds is 5. The van der Waals surface area contributed by atoms with Crippen molar-refractivity contribution in [2.75, 3.05) is 11.9 Å². The van der Waals surface area contributed by atoms with Gasteiger partial charge in [0.05, 0.1) is 5.56 Å². The molecule has 1 heterocycles. The standard InChI is InChI=1S/C15H15F3N2O/c1-2-19-14-11(4-3-9-20-14)10-21-13-7-5-12(6-8-13)15(16,17)18/h3-9H,2,10H2,1H3,(H,19,20). The van der Waals surface area contributed by atoms with Crippen molar-refractivity contribution in [1.82, 2.24) is 4.98 Å². The summed E-state index contributed by atoms with van der Waals surface area (Å²) in [5, 5.41) is 3.10. The molecule has 0 aliphatic carbocycles. The maximum Gasteiger partial charge on any atom is 0.416 e. The van der Waals surface area contributed by atoms with E-state index in [9.17, 15) is 13.2 Å². The minimum atomic E-state index is -4.33. The van der Waals surface area contributed by atoms with Crippen LogP contribution in [0.1, 0.15) is 18.1 Å². The maximum atomic E-state index is 12.5. The van der Waals surface area contributed by atoms with Gasteiger partial charge in [-0.15, -0.1) is 0 Å². The van der Waals surface area contributed by atoms with Gasteiger partial charge in [-0.2, -0.15) is 13.2 Å². The second-order valence-electron chi connectivity index (χ2n) is 4.35. The molecule has 112 valence electrons. The molecule has 0 aliphatic heterocycles. The Kier molecular flexibility index (Phi) is 4.67. The van der Waals surface area contributed by atoms with Crippen LogP contribution < -0.4 is 10.1 Å². The maximum absolute atomic E-state index is 12.5. The summed E-state index contributed by atoms with van der Waals surface area (Å²) in [5.41, 5.74) is 0.156. The van der Waals surface area contributed by atoms with Gasteiger partial charge in [0.25, 0.3) is 0 Å². The fraction of sp³-hybridized carbons (Fsp3) is 0.267. The lowest BCUT2D eigenvalue weighted by atomic mass is 10.2. The fourth-order valence-corrected chi connectivity index (χ4v) is 1.78. The molecule has 6 heteroatoms. The number of benzene rings is 1. The van der Waals surface area contributed by atoms with Crippen LogP contribution in [0.5, 0.6) is 5.75 Å². The van der Waals surface area contributed by atoms with Gasteiger partial charge in [0, 0.05) is 18.3 Å². The molecule has 0 unspecified atom stereocenters. The van der Waals surface area contributed by atoms with Crippen molar-refractivity contribution in [2.24, 2.45) is 0 Å². The molecule has 0 amide bonds. The van der Waals surface area contributed by atoms with Gasteiger partial charge in [-0.3, -0.25) is 0 Å². The van der Waals surface area contributed by atoms with E-state index in [2.05, 4.69) is 10.3 Å². The summed E-state index contributed by atoms with van der Waals surface area (Å²) >= 11 is 0. The Bertz CT molecular complexity index is 582. The molecule has 1 aromatic carbocycles. The summed E-state index contributed by atoms with van der Waals surface area (Å²) in [5.74, 6) is 1.10. The fourth-order valence-electron chi connectivity index (χ4n) is 1.78. The van der Waals surface area contributed by atoms with Gasteiger partial charge in [0.2, 0.25) is 0 Å². The van der Waals surface area contributed by atoms with E-state index in [0.717, 1.165) is 24.2 Å². The molecule has 0 radical (unpaired) electrons. The number of nitrogens with zero attached hydrogens (tertiary/aromatic N) is 1. The second-order valence-corrected chi connectivity index (χ2v) is 4.35. The van der Waals surface area contributed by atoms with Gasteiger partial charge in [0.15, 0.2) is 0 Å². The van der Waals surface area contributed by atoms with Crippen LogP contribution in [-0.2, 0) is 12.8 Å². The highest BCUT2D eigenvalue weighted by atomic mass is 19.4. The molecule has 0 aliphatic rings. The molecule has 2 aromatic rings. The zero-order valence-corrected chi connectivity index (χ0v) is 11.4. The van der Waals surface area contributed by atoms with E-state index in [4.69, 9.17) is 4.74 Å². The molecule has 2 rings (SSSR count). The van der Waals surface area contributed by atoms with Crippen LogP contribution >= 0.6 is 0 Å². The van der Waals surface area contributed by atoms with Crippen molar-refractivity contribution in [3.63, 3.8) is 0 Å². The molecule has 0 saturated heterocycles. The molecule has 1 N–H and O–H groups in total. The molecule has 0 atom stereocenters. The summed E-state index contributed by atoms with van der Waals surface area (Å²) in [4.78, 5) is 4.19. The van der Waals surface area contributed by atoms with E-state index in [1.807, 2.05) is 13.0 Å². The number of pyridine rings is 1. The largest absolute Gasteiger partial charge is 0.489 e. The van der Waals surface area contributed by atoms with Crippen LogP contribution in [-0.4, -0.2) is 11.5 Å². The topological polar surface area (TPSA) is 34.2 Å². The van der Waals surface area contributed by atoms with Gasteiger partial charge in [-0.05, 0) is 37.3 Å². The predicted octanol–water partition coefficient (Wildman–Crippen LogP) is 4.11. The van der Waals surface area contributed by atoms with Crippen molar-refractivity contribution in [3.05, 3.63) is 53.7 Å². The number of hydrogen-bond donors (Lipinski definition) is 1. The third-order valence-corrected chi connectivity index (χ3v) is 2.81. The van der Waals surface area contributed by atoms with Crippen LogP contribution in [0.25, 0.3) is 0 Å². The normalized spacial score (nSPS) is 11.2. The Morgan fingerprint density at radius 1 is 1.14 bits per heavy atom. The predicted molar refractivity (Wildman–Crippen MR) is 74.2 cm³/mol. The molecule has 0 fully saturated rings. The van der Waals surface area contributed by atoms with Crippen molar-refractivity contribution in [1.29, 1.82) is 0 Å². The average molecular weight is 296 g/mol. The van der Waals surface area contributed by atoms with E-state index >= 15 is 0 Å². The van der Waals surface area contributed by atoms with Gasteiger partial charge in [0.1, 0.15) is 18.2 Å². The molecule has 0 spiro atoms. The van der Waals surface area contributed by atoms with Gasteiger partial charge in [-0.25, -0.2) is 4.98 Å². The number of alkyl halides is 3. The van der Waals surface area contributed by atoms with Crippen LogP contribution in [0, 0.1) is 0 Å². The lowest BCUT2D eigenvalue weighted by molar-refractivity contribution is -0.137. The first-order chi connectivity index (χ1) is 10.0. The summed E-state index contributed by atoms with van der Waals surface area (Å²) in [6, 6.07) is 8.27. The van der Waals surface area contributed by atoms with E-state index in [0.29, 0.717) is 11.6 Å². The minimum absolute atomic E-state index is 0.238. The lowest BCUT2D eigenvalue weighted by Crippen LogP contribution is -2.06. The van der Waals surface area contributed by atoms with E-state index in [1.54, 1.807) is 12.3 Å². The van der Waals surface area contributed by atoms with Crippen LogP contribution in [0.3, 0.4) is 0 Å². The second kappa shape index (κ2) is 6.47. The number of halogens is 3. The smallest absolute Gasteiger partial charge is 0.416 e. The third-order valence-electron chi connectivity index (χ3n) is 2.81. The first-order valence-corrected chi connectivity index (χ1v) is 6.48. The summed E-state index contributed by atoms with van der Waals surface area (Å²) < 4.78 is 42.9. The zero-order chi connectivity index (χ0) is 15.3. The first-order valence-electron chi connectivity index (χ1n) is 6.48. The van der Waals surface area contributed by atoms with Crippen LogP contribution in [0.15, 0.2) is 42.6 Å². The minimum Gasteiger partial charge on any atom is -0.489 e. The number of ether oxygens (including phenoxy) is 1. The van der Waals surface area contributed by atoms with Crippen molar-refractivity contribution in [2.45, 2.75) is 19.7 Å². The van der Waals surface area contributed by atoms with Gasteiger partial charge >= 0.3 is 6.18 Å². The zero-order valence-electron chi connectivity index (χ0n) is 11.4. The summed E-state index contributed by atoms with van der Waals surface area (Å²) in [7, 11) is 0. The van der Waals surface area contributed by atoms with E-state index in [1.165, 1.54) is 12.1 Å². The van der Waals surface area contributed by atoms with Crippen molar-refractivity contribution >= 4 is 5.82 Å². The molecule has 21 heavy (non-hydrogen) atoms. The first kappa shape index (κ1) is 15.2. The quantitative estimate of drug-likeness (QED) is 0.901. The molecular weight excluding hydrogens is 281 g/mol. The molecule has 1 aromatic heterocycles. The molecular formula is C15H15F3N2O. The molecule has 0 saturated carbocycles. The highest BCUT2D eigenvalue weighted by molar-refractivity contribution is 5.43. The lowest BCUT2D eigenvalue weighted by Gasteiger charge is -2.11. The number of nitrogens with one attached hydrogen (secondary N) is 1. The number of anilines is 1. The molecule has 0 bridgehead atoms. The summed E-state index contributed by atoms with van der Waals surface area (Å²) in [6.45, 7) is 2.92. The van der Waals surface area contributed by atoms with E-state index < -0.39 is 11.7 Å². The number of aromatic nitrogens is 1. The monoisotopic (exact) mass is 296 g/mol. The Labute approximate surface area is 120 Å². The Morgan fingerprint density at radius 3 is 2.48 bits per heavy atom. The van der Waals surface area contributed by atoms with Crippen LogP contribution in [0.2, 0.25) is 0 Å². The Hall–Kier alpha value is -2.24. The van der Waals surface area contributed by atoms with Gasteiger partial charge < -0.3 is 10.1 Å². The van der Waals surface area contributed by atoms with E-state index in [-0.39, 0.29) is 6.61 Å². The SMILES string of the molecule is CCNc1ncccc1COc1ccc(C(F)(F)F)cc1. The third kappa shape index (κ3) is 4.11. The molecule has 3 nitrogen and oxygen atoms in total. The highest BCUT2D eigenvalue weighted by Gasteiger charge is 2.29. The Morgan fingerprint density at radius 2 is 1.86 bits per heavy atom. The number of hydrogen-bond acceptors (Lipinski definition) is 3. The van der Waals surface area contributed by atoms with Crippen LogP contribution in [0.4, 0.5) is 19.0 Å². The Balaban J connectivity index is 2.03. The highest BCUT2D eigenvalue weighted by Crippen LogP contribution is 2.30. The average Bonchev–Trinajstić information content (AvgIpc) is 2.46. The van der Waals surface area contributed by atoms with Crippen molar-refractivity contribution in [3.8, 4) is 5.75 Å². The summed E-state index contributed by atoms with van der Waals surface area (Å²) in [6.07, 6.45) is -2.67. The van der Waals surface area contributed by atoms with Gasteiger partial charge in [-0.1, -0.05) is 6.07 Å². The van der Waals surface area contributed by atoms with Crippen molar-refractivity contribution < 1.29 is 17.9 Å².